The third-order valence-corrected chi connectivity index (χ3v) is 5.27. The van der Waals surface area contributed by atoms with Gasteiger partial charge in [0.15, 0.2) is 16.6 Å². The maximum absolute atomic E-state index is 11.8. The van der Waals surface area contributed by atoms with Gasteiger partial charge in [0.1, 0.15) is 6.54 Å². The van der Waals surface area contributed by atoms with Gasteiger partial charge in [-0.15, -0.1) is 0 Å². The molecule has 3 nitrogen and oxygen atoms in total. The minimum atomic E-state index is -0.998. The maximum atomic E-state index is 11.8. The Morgan fingerprint density at radius 1 is 1.09 bits per heavy atom. The van der Waals surface area contributed by atoms with Crippen molar-refractivity contribution in [3.8, 4) is 0 Å². The monoisotopic (exact) mass is 313 g/mol. The molecule has 3 rings (SSSR count). The summed E-state index contributed by atoms with van der Waals surface area (Å²) >= 11 is 0. The van der Waals surface area contributed by atoms with Crippen LogP contribution >= 0.6 is 0 Å². The zero-order valence-electron chi connectivity index (χ0n) is 15.4. The second kappa shape index (κ2) is 4.70. The van der Waals surface area contributed by atoms with Gasteiger partial charge in [0.2, 0.25) is 0 Å². The van der Waals surface area contributed by atoms with Gasteiger partial charge in [0, 0.05) is 5.41 Å². The van der Waals surface area contributed by atoms with Crippen molar-refractivity contribution in [3.05, 3.63) is 41.7 Å². The highest BCUT2D eigenvalue weighted by molar-refractivity contribution is 5.73. The molecule has 0 amide bonds. The number of allylic oxidation sites excluding steroid dienone is 1. The van der Waals surface area contributed by atoms with E-state index in [9.17, 15) is 5.11 Å². The van der Waals surface area contributed by atoms with E-state index in [1.54, 1.807) is 0 Å². The smallest absolute Gasteiger partial charge is 0.294 e. The lowest BCUT2D eigenvalue weighted by molar-refractivity contribution is -0.662. The maximum Gasteiger partial charge on any atom is 0.294 e. The van der Waals surface area contributed by atoms with Gasteiger partial charge in [0.25, 0.3) is 5.82 Å². The first-order chi connectivity index (χ1) is 10.5. The number of aromatic nitrogens is 2. The van der Waals surface area contributed by atoms with Crippen molar-refractivity contribution in [3.63, 3.8) is 0 Å². The van der Waals surface area contributed by atoms with E-state index in [1.165, 1.54) is 11.1 Å². The lowest BCUT2D eigenvalue weighted by Gasteiger charge is -2.40. The van der Waals surface area contributed by atoms with Crippen LogP contribution in [0.3, 0.4) is 0 Å². The average molecular weight is 313 g/mol. The molecule has 3 heteroatoms. The molecule has 1 N–H and O–H groups in total. The first-order valence-electron chi connectivity index (χ1n) is 8.39. The largest absolute Gasteiger partial charge is 0.373 e. The molecule has 0 spiro atoms. The number of hydrogen-bond acceptors (Lipinski definition) is 1. The summed E-state index contributed by atoms with van der Waals surface area (Å²) in [4.78, 5) is 0. The number of nitrogens with zero attached hydrogens (tertiary/aromatic N) is 2. The zero-order valence-corrected chi connectivity index (χ0v) is 15.4. The minimum absolute atomic E-state index is 0.0286. The van der Waals surface area contributed by atoms with Crippen LogP contribution in [0.25, 0.3) is 11.0 Å². The van der Waals surface area contributed by atoms with Crippen LogP contribution in [-0.2, 0) is 19.2 Å². The molecule has 1 aromatic carbocycles. The number of hydrogen-bond donors (Lipinski definition) is 1. The zero-order chi connectivity index (χ0) is 17.2. The first kappa shape index (κ1) is 16.3. The fourth-order valence-corrected chi connectivity index (χ4v) is 3.55. The van der Waals surface area contributed by atoms with Gasteiger partial charge in [-0.3, -0.25) is 0 Å². The van der Waals surface area contributed by atoms with Crippen LogP contribution in [0.4, 0.5) is 0 Å². The summed E-state index contributed by atoms with van der Waals surface area (Å²) in [7, 11) is 2.06. The summed E-state index contributed by atoms with van der Waals surface area (Å²) in [6.45, 7) is 13.8. The summed E-state index contributed by atoms with van der Waals surface area (Å²) in [6, 6.07) is 8.40. The molecule has 1 unspecified atom stereocenters. The van der Waals surface area contributed by atoms with Crippen molar-refractivity contribution in [1.29, 1.82) is 0 Å². The molecule has 1 aliphatic rings. The number of imidazole rings is 1. The number of aryl methyl sites for hydroxylation is 1. The Bertz CT molecular complexity index is 799. The van der Waals surface area contributed by atoms with E-state index in [-0.39, 0.29) is 10.8 Å². The Labute approximate surface area is 139 Å². The van der Waals surface area contributed by atoms with Crippen molar-refractivity contribution in [2.75, 3.05) is 0 Å². The normalized spacial score (nSPS) is 22.2. The summed E-state index contributed by atoms with van der Waals surface area (Å²) in [5, 5.41) is 11.8. The number of rotatable bonds is 0. The number of benzene rings is 1. The highest BCUT2D eigenvalue weighted by Gasteiger charge is 2.52. The van der Waals surface area contributed by atoms with E-state index in [1.807, 2.05) is 0 Å². The summed E-state index contributed by atoms with van der Waals surface area (Å²) < 4.78 is 4.44. The molecule has 0 fully saturated rings. The van der Waals surface area contributed by atoms with Crippen molar-refractivity contribution < 1.29 is 9.67 Å². The molecule has 2 aromatic rings. The van der Waals surface area contributed by atoms with Crippen LogP contribution in [0.15, 0.2) is 35.9 Å². The molecule has 124 valence electrons. The van der Waals surface area contributed by atoms with Gasteiger partial charge < -0.3 is 5.11 Å². The third kappa shape index (κ3) is 2.25. The van der Waals surface area contributed by atoms with Crippen molar-refractivity contribution in [1.82, 2.24) is 4.57 Å². The molecule has 0 saturated heterocycles. The van der Waals surface area contributed by atoms with Gasteiger partial charge >= 0.3 is 0 Å². The van der Waals surface area contributed by atoms with Gasteiger partial charge in [-0.2, -0.15) is 0 Å². The van der Waals surface area contributed by atoms with Crippen LogP contribution in [0.1, 0.15) is 47.4 Å². The van der Waals surface area contributed by atoms with Crippen molar-refractivity contribution in [2.24, 2.45) is 17.9 Å². The molecule has 1 aromatic heterocycles. The van der Waals surface area contributed by atoms with Crippen molar-refractivity contribution in [2.45, 2.75) is 53.7 Å². The summed E-state index contributed by atoms with van der Waals surface area (Å²) in [6.07, 6.45) is 2.11. The molecule has 0 aliphatic carbocycles. The SMILES string of the molecule is C[n+]1c2n(c3ccccc31)CC(C(C)(C)C)=CC2(O)C(C)(C)C. The molecule has 2 heterocycles. The molecular formula is C20H29N2O+. The Balaban J connectivity index is 2.40. The van der Waals surface area contributed by atoms with Gasteiger partial charge in [0.05, 0.1) is 7.05 Å². The molecule has 1 atom stereocenters. The summed E-state index contributed by atoms with van der Waals surface area (Å²) in [5.41, 5.74) is 2.36. The average Bonchev–Trinajstić information content (AvgIpc) is 2.71. The molecule has 0 bridgehead atoms. The predicted molar refractivity (Wildman–Crippen MR) is 94.0 cm³/mol. The third-order valence-electron chi connectivity index (χ3n) is 5.27. The van der Waals surface area contributed by atoms with E-state index in [0.717, 1.165) is 17.9 Å². The van der Waals surface area contributed by atoms with Gasteiger partial charge in [-0.1, -0.05) is 53.7 Å². The van der Waals surface area contributed by atoms with E-state index in [2.05, 4.69) is 88.1 Å². The Morgan fingerprint density at radius 3 is 2.26 bits per heavy atom. The van der Waals surface area contributed by atoms with Crippen LogP contribution in [0, 0.1) is 10.8 Å². The van der Waals surface area contributed by atoms with E-state index < -0.39 is 5.60 Å². The lowest BCUT2D eigenvalue weighted by atomic mass is 9.70. The number of aliphatic hydroxyl groups is 1. The van der Waals surface area contributed by atoms with Gasteiger partial charge in [-0.05, 0) is 29.2 Å². The van der Waals surface area contributed by atoms with Crippen molar-refractivity contribution >= 4 is 11.0 Å². The topological polar surface area (TPSA) is 29.0 Å². The number of para-hydroxylation sites is 2. The van der Waals surface area contributed by atoms with Crippen LogP contribution in [-0.4, -0.2) is 9.67 Å². The number of fused-ring (bicyclic) bond motifs is 3. The second-order valence-electron chi connectivity index (χ2n) is 8.89. The Hall–Kier alpha value is -1.61. The van der Waals surface area contributed by atoms with E-state index in [0.29, 0.717) is 0 Å². The molecule has 0 radical (unpaired) electrons. The molecule has 0 saturated carbocycles. The molecule has 1 aliphatic heterocycles. The fraction of sp³-hybridized carbons (Fsp3) is 0.550. The van der Waals surface area contributed by atoms with E-state index >= 15 is 0 Å². The second-order valence-corrected chi connectivity index (χ2v) is 8.89. The minimum Gasteiger partial charge on any atom is -0.373 e. The standard InChI is InChI=1S/C20H29N2O/c1-18(2,3)14-12-20(23,19(4,5)6)17-21(7)15-10-8-9-11-16(15)22(17)13-14/h8-12,23H,13H2,1-7H3/q+1. The molecular weight excluding hydrogens is 284 g/mol. The van der Waals surface area contributed by atoms with Crippen LogP contribution in [0.5, 0.6) is 0 Å². The van der Waals surface area contributed by atoms with E-state index in [4.69, 9.17) is 0 Å². The fourth-order valence-electron chi connectivity index (χ4n) is 3.55. The van der Waals surface area contributed by atoms with Crippen LogP contribution in [0.2, 0.25) is 0 Å². The van der Waals surface area contributed by atoms with Crippen LogP contribution < -0.4 is 4.57 Å². The quantitative estimate of drug-likeness (QED) is 0.583. The highest BCUT2D eigenvalue weighted by atomic mass is 16.3. The Kier molecular flexibility index (Phi) is 3.32. The molecule has 23 heavy (non-hydrogen) atoms. The lowest BCUT2D eigenvalue weighted by Crippen LogP contribution is -2.52. The summed E-state index contributed by atoms with van der Waals surface area (Å²) in [5.74, 6) is 0.971. The first-order valence-corrected chi connectivity index (χ1v) is 8.39. The Morgan fingerprint density at radius 2 is 1.70 bits per heavy atom. The predicted octanol–water partition coefficient (Wildman–Crippen LogP) is 3.69. The highest BCUT2D eigenvalue weighted by Crippen LogP contribution is 2.46. The van der Waals surface area contributed by atoms with Gasteiger partial charge in [-0.25, -0.2) is 9.13 Å².